The lowest BCUT2D eigenvalue weighted by atomic mass is 10.2. The Balaban J connectivity index is 1.86. The minimum Gasteiger partial charge on any atom is -0.326 e. The Morgan fingerprint density at radius 3 is 2.80 bits per heavy atom. The molecule has 0 aromatic heterocycles. The van der Waals surface area contributed by atoms with E-state index < -0.39 is 0 Å². The maximum absolute atomic E-state index is 5.82. The zero-order valence-electron chi connectivity index (χ0n) is 8.82. The average Bonchev–Trinajstić information content (AvgIpc) is 2.66. The minimum absolute atomic E-state index is 0.350. The van der Waals surface area contributed by atoms with Crippen molar-refractivity contribution in [1.82, 2.24) is 4.90 Å². The highest BCUT2D eigenvalue weighted by Gasteiger charge is 2.17. The normalized spacial score (nSPS) is 21.0. The topological polar surface area (TPSA) is 29.3 Å². The molecule has 1 heterocycles. The van der Waals surface area contributed by atoms with E-state index in [9.17, 15) is 0 Å². The van der Waals surface area contributed by atoms with Gasteiger partial charge in [0.25, 0.3) is 0 Å². The molecule has 78 valence electrons. The second-order valence-corrected chi connectivity index (χ2v) is 3.95. The molecule has 1 aliphatic heterocycles. The van der Waals surface area contributed by atoms with Crippen molar-refractivity contribution in [2.24, 2.45) is 5.73 Å². The Labute approximate surface area is 91.1 Å². The summed E-state index contributed by atoms with van der Waals surface area (Å²) in [4.78, 5) is 2.31. The van der Waals surface area contributed by atoms with Gasteiger partial charge in [-0.3, -0.25) is 4.90 Å². The van der Waals surface area contributed by atoms with E-state index in [0.717, 1.165) is 31.6 Å². The molecular weight excluding hydrogens is 184 g/mol. The van der Waals surface area contributed by atoms with E-state index in [-0.39, 0.29) is 0 Å². The molecule has 0 amide bonds. The number of nitrogens with zero attached hydrogens (tertiary/aromatic N) is 1. The van der Waals surface area contributed by atoms with Crippen molar-refractivity contribution in [2.45, 2.75) is 12.5 Å². The molecule has 1 aliphatic rings. The van der Waals surface area contributed by atoms with E-state index >= 15 is 0 Å². The van der Waals surface area contributed by atoms with Crippen LogP contribution in [0.3, 0.4) is 0 Å². The molecule has 2 heteroatoms. The van der Waals surface area contributed by atoms with Crippen LogP contribution in [0.4, 0.5) is 0 Å². The second-order valence-electron chi connectivity index (χ2n) is 3.95. The van der Waals surface area contributed by atoms with Gasteiger partial charge in [0.1, 0.15) is 0 Å². The number of benzene rings is 1. The van der Waals surface area contributed by atoms with Gasteiger partial charge in [0.2, 0.25) is 0 Å². The van der Waals surface area contributed by atoms with Crippen LogP contribution in [0, 0.1) is 11.8 Å². The Morgan fingerprint density at radius 2 is 2.13 bits per heavy atom. The number of hydrogen-bond acceptors (Lipinski definition) is 2. The fourth-order valence-electron chi connectivity index (χ4n) is 1.78. The van der Waals surface area contributed by atoms with Gasteiger partial charge in [-0.25, -0.2) is 0 Å². The molecule has 0 unspecified atom stereocenters. The number of nitrogens with two attached hydrogens (primary N) is 1. The van der Waals surface area contributed by atoms with Crippen molar-refractivity contribution in [2.75, 3.05) is 19.6 Å². The van der Waals surface area contributed by atoms with E-state index in [1.54, 1.807) is 0 Å². The van der Waals surface area contributed by atoms with Crippen LogP contribution < -0.4 is 5.73 Å². The first-order chi connectivity index (χ1) is 7.34. The van der Waals surface area contributed by atoms with Gasteiger partial charge in [-0.05, 0) is 18.6 Å². The molecule has 1 fully saturated rings. The van der Waals surface area contributed by atoms with E-state index in [1.165, 1.54) is 0 Å². The van der Waals surface area contributed by atoms with Crippen LogP contribution in [-0.4, -0.2) is 30.6 Å². The molecule has 0 aliphatic carbocycles. The molecule has 1 aromatic carbocycles. The van der Waals surface area contributed by atoms with Gasteiger partial charge in [-0.2, -0.15) is 0 Å². The van der Waals surface area contributed by atoms with Crippen LogP contribution in [0.2, 0.25) is 0 Å². The van der Waals surface area contributed by atoms with E-state index in [4.69, 9.17) is 5.73 Å². The summed E-state index contributed by atoms with van der Waals surface area (Å²) in [5.74, 6) is 6.34. The zero-order valence-corrected chi connectivity index (χ0v) is 8.82. The fourth-order valence-corrected chi connectivity index (χ4v) is 1.78. The van der Waals surface area contributed by atoms with Crippen LogP contribution in [0.25, 0.3) is 0 Å². The Hall–Kier alpha value is -1.30. The smallest absolute Gasteiger partial charge is 0.0605 e. The van der Waals surface area contributed by atoms with Crippen molar-refractivity contribution in [1.29, 1.82) is 0 Å². The minimum atomic E-state index is 0.350. The molecule has 0 bridgehead atoms. The van der Waals surface area contributed by atoms with E-state index in [1.807, 2.05) is 30.3 Å². The summed E-state index contributed by atoms with van der Waals surface area (Å²) in [6.07, 6.45) is 1.10. The standard InChI is InChI=1S/C13H16N2/c14-13-8-10-15(11-13)9-4-7-12-5-2-1-3-6-12/h1-3,5-6,13H,8-11,14H2/t13-/m1/s1. The van der Waals surface area contributed by atoms with Crippen molar-refractivity contribution < 1.29 is 0 Å². The summed E-state index contributed by atoms with van der Waals surface area (Å²) < 4.78 is 0. The summed E-state index contributed by atoms with van der Waals surface area (Å²) >= 11 is 0. The Morgan fingerprint density at radius 1 is 1.33 bits per heavy atom. The van der Waals surface area contributed by atoms with Gasteiger partial charge in [-0.1, -0.05) is 30.0 Å². The third-order valence-corrected chi connectivity index (χ3v) is 2.62. The summed E-state index contributed by atoms with van der Waals surface area (Å²) in [6.45, 7) is 2.91. The van der Waals surface area contributed by atoms with Gasteiger partial charge in [0.15, 0.2) is 0 Å². The van der Waals surface area contributed by atoms with E-state index in [0.29, 0.717) is 6.04 Å². The van der Waals surface area contributed by atoms with Crippen LogP contribution >= 0.6 is 0 Å². The van der Waals surface area contributed by atoms with Crippen LogP contribution in [0.15, 0.2) is 30.3 Å². The molecule has 1 aromatic rings. The molecule has 0 spiro atoms. The first-order valence-corrected chi connectivity index (χ1v) is 5.36. The average molecular weight is 200 g/mol. The summed E-state index contributed by atoms with van der Waals surface area (Å²) in [5, 5.41) is 0. The van der Waals surface area contributed by atoms with Crippen LogP contribution in [0.5, 0.6) is 0 Å². The summed E-state index contributed by atoms with van der Waals surface area (Å²) in [7, 11) is 0. The van der Waals surface area contributed by atoms with Gasteiger partial charge < -0.3 is 5.73 Å². The molecule has 1 saturated heterocycles. The van der Waals surface area contributed by atoms with Gasteiger partial charge in [0.05, 0.1) is 6.54 Å². The van der Waals surface area contributed by atoms with Crippen LogP contribution in [0.1, 0.15) is 12.0 Å². The van der Waals surface area contributed by atoms with Crippen molar-refractivity contribution in [3.8, 4) is 11.8 Å². The molecule has 2 rings (SSSR count). The number of likely N-dealkylation sites (tertiary alicyclic amines) is 1. The fraction of sp³-hybridized carbons (Fsp3) is 0.385. The molecule has 2 nitrogen and oxygen atoms in total. The maximum atomic E-state index is 5.82. The second kappa shape index (κ2) is 4.97. The third kappa shape index (κ3) is 3.09. The van der Waals surface area contributed by atoms with Gasteiger partial charge >= 0.3 is 0 Å². The highest BCUT2D eigenvalue weighted by molar-refractivity contribution is 5.33. The molecule has 0 radical (unpaired) electrons. The van der Waals surface area contributed by atoms with Crippen molar-refractivity contribution >= 4 is 0 Å². The maximum Gasteiger partial charge on any atom is 0.0605 e. The van der Waals surface area contributed by atoms with Crippen LogP contribution in [-0.2, 0) is 0 Å². The largest absolute Gasteiger partial charge is 0.326 e. The zero-order chi connectivity index (χ0) is 10.5. The molecule has 0 saturated carbocycles. The first-order valence-electron chi connectivity index (χ1n) is 5.36. The Kier molecular flexibility index (Phi) is 3.39. The molecule has 2 N–H and O–H groups in total. The highest BCUT2D eigenvalue weighted by Crippen LogP contribution is 2.05. The van der Waals surface area contributed by atoms with Gasteiger partial charge in [0, 0.05) is 24.7 Å². The third-order valence-electron chi connectivity index (χ3n) is 2.62. The quantitative estimate of drug-likeness (QED) is 0.687. The van der Waals surface area contributed by atoms with Crippen molar-refractivity contribution in [3.63, 3.8) is 0 Å². The first kappa shape index (κ1) is 10.2. The lowest BCUT2D eigenvalue weighted by Gasteiger charge is -2.09. The number of rotatable bonds is 1. The Bertz CT molecular complexity index is 361. The summed E-state index contributed by atoms with van der Waals surface area (Å²) in [6, 6.07) is 10.4. The van der Waals surface area contributed by atoms with Gasteiger partial charge in [-0.15, -0.1) is 0 Å². The van der Waals surface area contributed by atoms with Crippen molar-refractivity contribution in [3.05, 3.63) is 35.9 Å². The monoisotopic (exact) mass is 200 g/mol. The summed E-state index contributed by atoms with van der Waals surface area (Å²) in [5.41, 5.74) is 6.90. The molecule has 1 atom stereocenters. The predicted molar refractivity (Wildman–Crippen MR) is 62.4 cm³/mol. The number of hydrogen-bond donors (Lipinski definition) is 1. The lowest BCUT2D eigenvalue weighted by Crippen LogP contribution is -2.26. The lowest BCUT2D eigenvalue weighted by molar-refractivity contribution is 0.377. The molecule has 15 heavy (non-hydrogen) atoms. The van der Waals surface area contributed by atoms with E-state index in [2.05, 4.69) is 16.7 Å². The highest BCUT2D eigenvalue weighted by atomic mass is 15.2. The predicted octanol–water partition coefficient (Wildman–Crippen LogP) is 1.07. The molecular formula is C13H16N2. The SMILES string of the molecule is N[C@@H]1CCN(CC#Cc2ccccc2)C1.